The molecule has 206 valence electrons. The number of anilines is 1. The minimum absolute atomic E-state index is 0.113. The van der Waals surface area contributed by atoms with Crippen LogP contribution in [-0.4, -0.2) is 44.0 Å². The number of allylic oxidation sites excluding steroid dienone is 2. The minimum atomic E-state index is -4.35. The number of aryl methyl sites for hydroxylation is 1. The lowest BCUT2D eigenvalue weighted by molar-refractivity contribution is -0.668. The molecule has 9 nitrogen and oxygen atoms in total. The molecule has 15 heteroatoms. The fourth-order valence-corrected chi connectivity index (χ4v) is 8.42. The number of ether oxygens (including phenoxy) is 1. The second kappa shape index (κ2) is 11.9. The smallest absolute Gasteiger partial charge is 0.263 e. The normalized spacial score (nSPS) is 15.4. The molecule has 0 saturated carbocycles. The van der Waals surface area contributed by atoms with Crippen LogP contribution in [0.1, 0.15) is 31.2 Å². The molecular formula is C23H23BrClN2O7S4-. The summed E-state index contributed by atoms with van der Waals surface area (Å²) in [4.78, 5) is 1.80. The molecule has 3 heterocycles. The number of nitrogens with zero attached hydrogens (tertiary/aromatic N) is 2. The summed E-state index contributed by atoms with van der Waals surface area (Å²) in [7, 11) is -8.67. The van der Waals surface area contributed by atoms with Crippen LogP contribution < -0.4 is 14.2 Å². The van der Waals surface area contributed by atoms with E-state index in [2.05, 4.69) is 15.9 Å². The Kier molecular flexibility index (Phi) is 9.24. The third-order valence-corrected chi connectivity index (χ3v) is 10.4. The van der Waals surface area contributed by atoms with Crippen molar-refractivity contribution in [3.63, 3.8) is 0 Å². The van der Waals surface area contributed by atoms with Gasteiger partial charge in [-0.05, 0) is 52.5 Å². The van der Waals surface area contributed by atoms with Crippen molar-refractivity contribution in [1.29, 1.82) is 0 Å². The lowest BCUT2D eigenvalue weighted by Gasteiger charge is -2.19. The Balaban J connectivity index is 1.68. The molecule has 2 aromatic heterocycles. The molecule has 0 unspecified atom stereocenters. The van der Waals surface area contributed by atoms with Gasteiger partial charge in [0.05, 0.1) is 29.7 Å². The third-order valence-electron chi connectivity index (χ3n) is 5.67. The molecule has 0 atom stereocenters. The van der Waals surface area contributed by atoms with Crippen LogP contribution in [0.3, 0.4) is 0 Å². The van der Waals surface area contributed by atoms with E-state index in [1.165, 1.54) is 0 Å². The molecule has 38 heavy (non-hydrogen) atoms. The van der Waals surface area contributed by atoms with Gasteiger partial charge in [0.15, 0.2) is 16.3 Å². The van der Waals surface area contributed by atoms with Crippen molar-refractivity contribution < 1.29 is 35.2 Å². The molecule has 0 amide bonds. The first-order valence-electron chi connectivity index (χ1n) is 11.5. The largest absolute Gasteiger partial charge is 0.748 e. The van der Waals surface area contributed by atoms with Crippen LogP contribution in [0.5, 0.6) is 5.75 Å². The highest BCUT2D eigenvalue weighted by Gasteiger charge is 2.27. The number of halogens is 2. The summed E-state index contributed by atoms with van der Waals surface area (Å²) >= 11 is 12.8. The zero-order chi connectivity index (χ0) is 27.7. The topological polar surface area (TPSA) is 131 Å². The Morgan fingerprint density at radius 2 is 1.84 bits per heavy atom. The van der Waals surface area contributed by atoms with Gasteiger partial charge in [-0.3, -0.25) is 0 Å². The average molecular weight is 683 g/mol. The molecule has 1 aliphatic heterocycles. The Hall–Kier alpha value is -1.52. The number of fused-ring (bicyclic) bond motifs is 2. The van der Waals surface area contributed by atoms with Crippen LogP contribution >= 0.6 is 50.2 Å². The maximum absolute atomic E-state index is 11.1. The number of aromatic nitrogens is 1. The van der Waals surface area contributed by atoms with Gasteiger partial charge in [-0.15, -0.1) is 11.3 Å². The van der Waals surface area contributed by atoms with E-state index in [-0.39, 0.29) is 19.4 Å². The van der Waals surface area contributed by atoms with Gasteiger partial charge in [-0.1, -0.05) is 29.9 Å². The number of thiazole rings is 1. The number of thiophene rings is 1. The highest BCUT2D eigenvalue weighted by Crippen LogP contribution is 2.41. The van der Waals surface area contributed by atoms with E-state index in [4.69, 9.17) is 16.3 Å². The van der Waals surface area contributed by atoms with Crippen LogP contribution in [-0.2, 0) is 26.8 Å². The molecule has 0 fully saturated rings. The molecule has 0 radical (unpaired) electrons. The van der Waals surface area contributed by atoms with E-state index in [1.54, 1.807) is 45.8 Å². The highest BCUT2D eigenvalue weighted by atomic mass is 79.9. The average Bonchev–Trinajstić information content (AvgIpc) is 3.42. The van der Waals surface area contributed by atoms with E-state index in [9.17, 15) is 25.9 Å². The predicted octanol–water partition coefficient (Wildman–Crippen LogP) is 5.07. The molecule has 3 aromatic rings. The van der Waals surface area contributed by atoms with Gasteiger partial charge in [0.2, 0.25) is 11.4 Å². The van der Waals surface area contributed by atoms with Crippen LogP contribution in [0.4, 0.5) is 5.69 Å². The Morgan fingerprint density at radius 3 is 2.53 bits per heavy atom. The SMILES string of the molecule is CCC(=Cc1sc2sc(Br)cc2[n+]1CCCS(=O)(=O)[O-])C=C1Oc2ccc(Cl)cc2N1CCCS(=O)(=O)[O-]. The second-order valence-electron chi connectivity index (χ2n) is 8.47. The number of rotatable bonds is 11. The standard InChI is InChI=1S/C23H24BrClN2O7S4/c1-2-15(12-22-27(8-4-10-38(31,32)33)18-14-20(24)35-23(18)36-22)11-21-26(7-3-9-37(28,29)30)17-13-16(25)5-6-19(17)34-21/h5-6,11-14H,2-4,7-10H2,1H3,(H-,28,29,30,31,32,33)/p-1. The fourth-order valence-electron chi connectivity index (χ4n) is 3.98. The summed E-state index contributed by atoms with van der Waals surface area (Å²) in [5, 5.41) is 1.38. The first kappa shape index (κ1) is 29.5. The Morgan fingerprint density at radius 1 is 1.13 bits per heavy atom. The monoisotopic (exact) mass is 681 g/mol. The van der Waals surface area contributed by atoms with Crippen molar-refractivity contribution >= 4 is 91.7 Å². The van der Waals surface area contributed by atoms with Crippen molar-refractivity contribution in [2.24, 2.45) is 0 Å². The van der Waals surface area contributed by atoms with Gasteiger partial charge in [-0.2, -0.15) is 4.57 Å². The molecule has 0 bridgehead atoms. The first-order chi connectivity index (χ1) is 17.8. The Labute approximate surface area is 242 Å². The van der Waals surface area contributed by atoms with E-state index < -0.39 is 31.7 Å². The Bertz CT molecular complexity index is 1630. The molecule has 4 rings (SSSR count). The van der Waals surface area contributed by atoms with Crippen molar-refractivity contribution in [3.05, 3.63) is 55.6 Å². The predicted molar refractivity (Wildman–Crippen MR) is 152 cm³/mol. The van der Waals surface area contributed by atoms with Crippen molar-refractivity contribution in [3.8, 4) is 5.75 Å². The molecule has 0 aliphatic carbocycles. The van der Waals surface area contributed by atoms with Crippen molar-refractivity contribution in [2.45, 2.75) is 32.7 Å². The van der Waals surface area contributed by atoms with Crippen LogP contribution in [0.15, 0.2) is 45.6 Å². The lowest BCUT2D eigenvalue weighted by Crippen LogP contribution is -2.35. The van der Waals surface area contributed by atoms with Crippen molar-refractivity contribution in [1.82, 2.24) is 0 Å². The summed E-state index contributed by atoms with van der Waals surface area (Å²) in [6.07, 6.45) is 4.79. The first-order valence-corrected chi connectivity index (χ1v) is 17.4. The molecule has 0 saturated heterocycles. The number of hydrogen-bond acceptors (Lipinski definition) is 10. The van der Waals surface area contributed by atoms with Crippen LogP contribution in [0.25, 0.3) is 15.6 Å². The van der Waals surface area contributed by atoms with E-state index in [0.29, 0.717) is 35.3 Å². The molecule has 0 N–H and O–H groups in total. The van der Waals surface area contributed by atoms with Gasteiger partial charge < -0.3 is 18.7 Å². The fraction of sp³-hybridized carbons (Fsp3) is 0.348. The summed E-state index contributed by atoms with van der Waals surface area (Å²) in [5.41, 5.74) is 2.53. The maximum Gasteiger partial charge on any atom is 0.263 e. The number of hydrogen-bond donors (Lipinski definition) is 0. The lowest BCUT2D eigenvalue weighted by atomic mass is 10.2. The van der Waals surface area contributed by atoms with E-state index in [1.807, 2.05) is 29.7 Å². The van der Waals surface area contributed by atoms with E-state index in [0.717, 1.165) is 23.9 Å². The van der Waals surface area contributed by atoms with Gasteiger partial charge in [0, 0.05) is 47.7 Å². The minimum Gasteiger partial charge on any atom is -0.748 e. The van der Waals surface area contributed by atoms with Crippen LogP contribution in [0.2, 0.25) is 5.02 Å². The highest BCUT2D eigenvalue weighted by molar-refractivity contribution is 9.11. The summed E-state index contributed by atoms with van der Waals surface area (Å²) in [6, 6.07) is 7.12. The summed E-state index contributed by atoms with van der Waals surface area (Å²) in [5.74, 6) is 0.100. The van der Waals surface area contributed by atoms with Gasteiger partial charge in [0.1, 0.15) is 0 Å². The van der Waals surface area contributed by atoms with Gasteiger partial charge >= 0.3 is 0 Å². The third kappa shape index (κ3) is 7.56. The molecular weight excluding hydrogens is 660 g/mol. The zero-order valence-electron chi connectivity index (χ0n) is 20.1. The van der Waals surface area contributed by atoms with Crippen LogP contribution in [0, 0.1) is 0 Å². The molecule has 0 spiro atoms. The summed E-state index contributed by atoms with van der Waals surface area (Å²) in [6.45, 7) is 2.58. The van der Waals surface area contributed by atoms with Gasteiger partial charge in [0.25, 0.3) is 5.01 Å². The molecule has 1 aliphatic rings. The zero-order valence-corrected chi connectivity index (χ0v) is 25.7. The number of benzene rings is 1. The quantitative estimate of drug-likeness (QED) is 0.202. The maximum atomic E-state index is 11.1. The second-order valence-corrected chi connectivity index (χ2v) is 15.7. The van der Waals surface area contributed by atoms with E-state index >= 15 is 0 Å². The summed E-state index contributed by atoms with van der Waals surface area (Å²) < 4.78 is 76.9. The van der Waals surface area contributed by atoms with Crippen molar-refractivity contribution in [2.75, 3.05) is 23.0 Å². The molecule has 1 aromatic carbocycles. The van der Waals surface area contributed by atoms with Gasteiger partial charge in [-0.25, -0.2) is 16.8 Å².